The van der Waals surface area contributed by atoms with Gasteiger partial charge in [0.1, 0.15) is 12.7 Å². The highest BCUT2D eigenvalue weighted by Gasteiger charge is 2.03. The van der Waals surface area contributed by atoms with E-state index >= 15 is 0 Å². The zero-order valence-corrected chi connectivity index (χ0v) is 11.6. The number of carboxylic acid groups (broad SMARTS) is 3. The highest BCUT2D eigenvalue weighted by molar-refractivity contribution is 5.63. The third-order valence-electron chi connectivity index (χ3n) is 0.583. The van der Waals surface area contributed by atoms with Gasteiger partial charge in [0.15, 0.2) is 0 Å². The van der Waals surface area contributed by atoms with Crippen molar-refractivity contribution in [2.24, 2.45) is 0 Å². The molecule has 0 saturated carbocycles. The van der Waals surface area contributed by atoms with Crippen LogP contribution < -0.4 is 0 Å². The molecule has 126 valence electrons. The highest BCUT2D eigenvalue weighted by atomic mass is 17.0. The second kappa shape index (κ2) is 19.9. The molecule has 0 spiro atoms. The first-order valence-electron chi connectivity index (χ1n) is 5.01. The molecule has 0 fully saturated rings. The lowest BCUT2D eigenvalue weighted by Gasteiger charge is -2.02. The number of nitrogens with zero attached hydrogens (tertiary/aromatic N) is 1. The lowest BCUT2D eigenvalue weighted by molar-refractivity contribution is -0.759. The Labute approximate surface area is 119 Å². The Bertz CT molecular complexity index is 264. The van der Waals surface area contributed by atoms with E-state index in [4.69, 9.17) is 39.9 Å². The lowest BCUT2D eigenvalue weighted by Crippen LogP contribution is -2.21. The second-order valence-corrected chi connectivity index (χ2v) is 2.91. The molecule has 0 aliphatic carbocycles. The lowest BCUT2D eigenvalue weighted by atomic mass is 10.4. The molecule has 0 heterocycles. The average Bonchev–Trinajstić information content (AvgIpc) is 2.23. The Morgan fingerprint density at radius 1 is 1.05 bits per heavy atom. The molecule has 12 nitrogen and oxygen atoms in total. The number of aliphatic hydroxyl groups is 2. The van der Waals surface area contributed by atoms with Crippen molar-refractivity contribution in [3.63, 3.8) is 0 Å². The SMILES string of the molecule is CC(=O)O.CC(=O)O.CC(=O)O.O=[N+]([O-])OCC(O)CO. The Hall–Kier alpha value is -2.47. The average molecular weight is 317 g/mol. The molecule has 5 N–H and O–H groups in total. The molecule has 0 aromatic heterocycles. The number of carboxylic acids is 3. The first kappa shape index (κ1) is 27.0. The molecular weight excluding hydrogens is 298 g/mol. The smallest absolute Gasteiger partial charge is 0.300 e. The van der Waals surface area contributed by atoms with Gasteiger partial charge in [-0.05, 0) is 0 Å². The number of rotatable bonds is 4. The van der Waals surface area contributed by atoms with E-state index < -0.39 is 42.3 Å². The Kier molecular flexibility index (Phi) is 25.5. The predicted molar refractivity (Wildman–Crippen MR) is 66.0 cm³/mol. The van der Waals surface area contributed by atoms with Crippen LogP contribution in [0.15, 0.2) is 0 Å². The molecule has 21 heavy (non-hydrogen) atoms. The van der Waals surface area contributed by atoms with Crippen LogP contribution in [0.2, 0.25) is 0 Å². The van der Waals surface area contributed by atoms with Crippen LogP contribution in [0.4, 0.5) is 0 Å². The number of hydrogen-bond donors (Lipinski definition) is 5. The minimum Gasteiger partial charge on any atom is -0.481 e. The van der Waals surface area contributed by atoms with E-state index in [2.05, 4.69) is 4.84 Å². The molecule has 0 amide bonds. The molecule has 0 saturated heterocycles. The molecule has 0 rings (SSSR count). The van der Waals surface area contributed by atoms with Crippen LogP contribution in [0, 0.1) is 10.1 Å². The van der Waals surface area contributed by atoms with Gasteiger partial charge in [-0.2, -0.15) is 0 Å². The molecule has 0 aromatic rings. The largest absolute Gasteiger partial charge is 0.481 e. The summed E-state index contributed by atoms with van der Waals surface area (Å²) in [5, 5.41) is 47.2. The molecule has 0 aromatic carbocycles. The molecule has 1 unspecified atom stereocenters. The van der Waals surface area contributed by atoms with Crippen LogP contribution in [0.25, 0.3) is 0 Å². The zero-order valence-electron chi connectivity index (χ0n) is 11.6. The molecule has 0 bridgehead atoms. The minimum atomic E-state index is -1.17. The number of carbonyl (C=O) groups is 3. The maximum Gasteiger partial charge on any atom is 0.300 e. The second-order valence-electron chi connectivity index (χ2n) is 2.91. The van der Waals surface area contributed by atoms with Crippen molar-refractivity contribution >= 4 is 17.9 Å². The van der Waals surface area contributed by atoms with Gasteiger partial charge in [-0.15, -0.1) is 10.1 Å². The molecular formula is C9H19NO11. The Balaban J connectivity index is -0.000000102. The predicted octanol–water partition coefficient (Wildman–Crippen LogP) is -1.18. The van der Waals surface area contributed by atoms with Gasteiger partial charge in [0.25, 0.3) is 23.0 Å². The minimum absolute atomic E-state index is 0.483. The third kappa shape index (κ3) is 206. The van der Waals surface area contributed by atoms with Gasteiger partial charge in [0, 0.05) is 20.8 Å². The Morgan fingerprint density at radius 3 is 1.43 bits per heavy atom. The summed E-state index contributed by atoms with van der Waals surface area (Å²) < 4.78 is 0. The first-order valence-corrected chi connectivity index (χ1v) is 5.01. The van der Waals surface area contributed by atoms with Crippen LogP contribution in [0.5, 0.6) is 0 Å². The van der Waals surface area contributed by atoms with Crippen molar-refractivity contribution < 1.29 is 49.8 Å². The number of hydrogen-bond acceptors (Lipinski definition) is 8. The van der Waals surface area contributed by atoms with Crippen LogP contribution in [-0.4, -0.2) is 67.8 Å². The Morgan fingerprint density at radius 2 is 1.29 bits per heavy atom. The molecule has 1 atom stereocenters. The van der Waals surface area contributed by atoms with E-state index in [1.807, 2.05) is 0 Å². The van der Waals surface area contributed by atoms with E-state index in [-0.39, 0.29) is 0 Å². The van der Waals surface area contributed by atoms with Gasteiger partial charge in [0.2, 0.25) is 0 Å². The van der Waals surface area contributed by atoms with E-state index in [1.165, 1.54) is 0 Å². The van der Waals surface area contributed by atoms with Gasteiger partial charge in [-0.3, -0.25) is 14.4 Å². The third-order valence-corrected chi connectivity index (χ3v) is 0.583. The van der Waals surface area contributed by atoms with E-state index in [9.17, 15) is 10.1 Å². The van der Waals surface area contributed by atoms with Crippen LogP contribution >= 0.6 is 0 Å². The summed E-state index contributed by atoms with van der Waals surface area (Å²) in [5.74, 6) is -2.50. The molecule has 0 aliphatic heterocycles. The van der Waals surface area contributed by atoms with E-state index in [0.29, 0.717) is 0 Å². The van der Waals surface area contributed by atoms with Crippen molar-refractivity contribution in [3.8, 4) is 0 Å². The van der Waals surface area contributed by atoms with E-state index in [1.54, 1.807) is 0 Å². The molecule has 12 heteroatoms. The standard InChI is InChI=1S/C3H7NO5.3C2H4O2/c5-1-3(6)2-9-4(7)8;3*1-2(3)4/h3,5-6H,1-2H2;3*1H3,(H,3,4). The fraction of sp³-hybridized carbons (Fsp3) is 0.667. The first-order chi connectivity index (χ1) is 9.36. The van der Waals surface area contributed by atoms with Gasteiger partial charge in [-0.25, -0.2) is 0 Å². The maximum atomic E-state index is 9.41. The van der Waals surface area contributed by atoms with Crippen LogP contribution in [0.1, 0.15) is 20.8 Å². The number of aliphatic carboxylic acids is 3. The summed E-state index contributed by atoms with van der Waals surface area (Å²) in [4.78, 5) is 40.1. The summed E-state index contributed by atoms with van der Waals surface area (Å²) in [6.45, 7) is 2.23. The monoisotopic (exact) mass is 317 g/mol. The van der Waals surface area contributed by atoms with Crippen molar-refractivity contribution in [2.45, 2.75) is 26.9 Å². The van der Waals surface area contributed by atoms with Crippen molar-refractivity contribution in [2.75, 3.05) is 13.2 Å². The van der Waals surface area contributed by atoms with Crippen LogP contribution in [-0.2, 0) is 19.2 Å². The molecule has 0 radical (unpaired) electrons. The quantitative estimate of drug-likeness (QED) is 0.308. The summed E-state index contributed by atoms with van der Waals surface area (Å²) in [6.07, 6.45) is -1.17. The summed E-state index contributed by atoms with van der Waals surface area (Å²) in [6, 6.07) is 0. The van der Waals surface area contributed by atoms with Crippen molar-refractivity contribution in [1.29, 1.82) is 0 Å². The fourth-order valence-electron chi connectivity index (χ4n) is 0.200. The summed E-state index contributed by atoms with van der Waals surface area (Å²) >= 11 is 0. The molecule has 0 aliphatic rings. The van der Waals surface area contributed by atoms with Gasteiger partial charge >= 0.3 is 0 Å². The van der Waals surface area contributed by atoms with Gasteiger partial charge in [0.05, 0.1) is 6.61 Å². The fourth-order valence-corrected chi connectivity index (χ4v) is 0.200. The highest BCUT2D eigenvalue weighted by Crippen LogP contribution is 1.82. The van der Waals surface area contributed by atoms with Crippen molar-refractivity contribution in [3.05, 3.63) is 10.1 Å². The zero-order chi connectivity index (χ0) is 18.0. The summed E-state index contributed by atoms with van der Waals surface area (Å²) in [5.41, 5.74) is 0. The van der Waals surface area contributed by atoms with Gasteiger partial charge in [-0.1, -0.05) is 0 Å². The normalized spacial score (nSPS) is 9.00. The van der Waals surface area contributed by atoms with Gasteiger partial charge < -0.3 is 30.4 Å². The van der Waals surface area contributed by atoms with Crippen LogP contribution in [0.3, 0.4) is 0 Å². The van der Waals surface area contributed by atoms with E-state index in [0.717, 1.165) is 20.8 Å². The van der Waals surface area contributed by atoms with Crippen molar-refractivity contribution in [1.82, 2.24) is 0 Å². The maximum absolute atomic E-state index is 9.41. The topological polar surface area (TPSA) is 205 Å². The number of aliphatic hydroxyl groups excluding tert-OH is 2. The summed E-state index contributed by atoms with van der Waals surface area (Å²) in [7, 11) is 0.